The number of aromatic nitrogens is 3. The number of para-hydroxylation sites is 1. The molecule has 1 amide bonds. The summed E-state index contributed by atoms with van der Waals surface area (Å²) in [6, 6.07) is 7.51. The van der Waals surface area contributed by atoms with Crippen LogP contribution >= 0.6 is 0 Å². The zero-order chi connectivity index (χ0) is 19.1. The second kappa shape index (κ2) is 6.74. The smallest absolute Gasteiger partial charge is 0.257 e. The second-order valence-corrected chi connectivity index (χ2v) is 7.44. The first-order chi connectivity index (χ1) is 13.7. The average Bonchev–Trinajstić information content (AvgIpc) is 3.15. The van der Waals surface area contributed by atoms with Crippen LogP contribution < -0.4 is 15.6 Å². The van der Waals surface area contributed by atoms with Crippen molar-refractivity contribution in [3.8, 4) is 0 Å². The number of pyridine rings is 1. The zero-order valence-corrected chi connectivity index (χ0v) is 15.5. The van der Waals surface area contributed by atoms with Crippen molar-refractivity contribution in [2.45, 2.75) is 31.8 Å². The molecule has 0 unspecified atom stereocenters. The Balaban J connectivity index is 1.39. The lowest BCUT2D eigenvalue weighted by atomic mass is 10.0. The highest BCUT2D eigenvalue weighted by molar-refractivity contribution is 5.98. The molecule has 7 nitrogen and oxygen atoms in total. The molecule has 1 atom stereocenters. The summed E-state index contributed by atoms with van der Waals surface area (Å²) in [5.74, 6) is 0.377. The van der Waals surface area contributed by atoms with Gasteiger partial charge in [0.1, 0.15) is 5.56 Å². The third-order valence-corrected chi connectivity index (χ3v) is 5.64. The lowest BCUT2D eigenvalue weighted by molar-refractivity contribution is 0.0931. The Labute approximate surface area is 162 Å². The number of aryl methyl sites for hydroxylation is 2. The number of rotatable bonds is 3. The number of nitrogens with zero attached hydrogens (tertiary/aromatic N) is 4. The van der Waals surface area contributed by atoms with Gasteiger partial charge in [-0.25, -0.2) is 9.97 Å². The van der Waals surface area contributed by atoms with Crippen molar-refractivity contribution < 1.29 is 4.79 Å². The fourth-order valence-corrected chi connectivity index (χ4v) is 4.31. The third kappa shape index (κ3) is 2.83. The monoisotopic (exact) mass is 375 g/mol. The summed E-state index contributed by atoms with van der Waals surface area (Å²) in [7, 11) is 0. The van der Waals surface area contributed by atoms with Gasteiger partial charge in [0, 0.05) is 49.7 Å². The minimum absolute atomic E-state index is 0.0370. The summed E-state index contributed by atoms with van der Waals surface area (Å²) in [4.78, 5) is 36.5. The molecule has 0 saturated carbocycles. The first-order valence-corrected chi connectivity index (χ1v) is 9.68. The number of hydrogen-bond donors (Lipinski definition) is 1. The number of carbonyl (C=O) groups excluding carboxylic acids is 1. The molecule has 0 radical (unpaired) electrons. The predicted octanol–water partition coefficient (Wildman–Crippen LogP) is 1.75. The van der Waals surface area contributed by atoms with E-state index in [4.69, 9.17) is 0 Å². The normalized spacial score (nSPS) is 18.4. The van der Waals surface area contributed by atoms with Crippen LogP contribution in [0.15, 0.2) is 47.7 Å². The maximum absolute atomic E-state index is 12.9. The lowest BCUT2D eigenvalue weighted by Crippen LogP contribution is -2.49. The topological polar surface area (TPSA) is 80.1 Å². The number of nitrogens with one attached hydrogen (secondary N) is 1. The summed E-state index contributed by atoms with van der Waals surface area (Å²) >= 11 is 0. The van der Waals surface area contributed by atoms with Crippen LogP contribution in [0.1, 0.15) is 28.8 Å². The molecular formula is C21H21N5O2. The van der Waals surface area contributed by atoms with Gasteiger partial charge in [-0.3, -0.25) is 9.59 Å². The molecule has 0 aliphatic carbocycles. The number of amides is 1. The fraction of sp³-hybridized carbons (Fsp3) is 0.333. The highest BCUT2D eigenvalue weighted by atomic mass is 16.2. The van der Waals surface area contributed by atoms with Crippen LogP contribution in [0, 0.1) is 0 Å². The maximum Gasteiger partial charge on any atom is 0.257 e. The number of anilines is 1. The van der Waals surface area contributed by atoms with Crippen LogP contribution in [-0.4, -0.2) is 39.6 Å². The minimum Gasteiger partial charge on any atom is -0.347 e. The van der Waals surface area contributed by atoms with Crippen LogP contribution in [0.4, 0.5) is 5.95 Å². The largest absolute Gasteiger partial charge is 0.347 e. The van der Waals surface area contributed by atoms with E-state index in [9.17, 15) is 9.59 Å². The van der Waals surface area contributed by atoms with Crippen molar-refractivity contribution in [2.24, 2.45) is 0 Å². The molecule has 1 saturated heterocycles. The average molecular weight is 375 g/mol. The van der Waals surface area contributed by atoms with Crippen LogP contribution in [0.3, 0.4) is 0 Å². The van der Waals surface area contributed by atoms with E-state index in [1.165, 1.54) is 5.56 Å². The van der Waals surface area contributed by atoms with Gasteiger partial charge in [0.15, 0.2) is 0 Å². The maximum atomic E-state index is 12.9. The van der Waals surface area contributed by atoms with Crippen molar-refractivity contribution >= 4 is 22.8 Å². The standard InChI is InChI=1S/C21H21N5O2/c27-19-16-6-1-4-14-7-11-25(18(14)16)13-17(19)20(28)24-15-5-2-10-26(12-15)21-22-8-3-9-23-21/h1,3-4,6,8-9,13,15H,2,5,7,10-12H2,(H,24,28)/t15-/m1/s1. The molecule has 1 aromatic carbocycles. The summed E-state index contributed by atoms with van der Waals surface area (Å²) < 4.78 is 2.03. The molecular weight excluding hydrogens is 354 g/mol. The van der Waals surface area contributed by atoms with Crippen LogP contribution in [0.2, 0.25) is 0 Å². The highest BCUT2D eigenvalue weighted by Gasteiger charge is 2.26. The Morgan fingerprint density at radius 3 is 2.86 bits per heavy atom. The van der Waals surface area contributed by atoms with Crippen molar-refractivity contribution in [1.82, 2.24) is 19.9 Å². The summed E-state index contributed by atoms with van der Waals surface area (Å²) in [5.41, 5.74) is 2.17. The molecule has 7 heteroatoms. The fourth-order valence-electron chi connectivity index (χ4n) is 4.31. The number of piperidine rings is 1. The molecule has 3 aromatic rings. The molecule has 4 heterocycles. The van der Waals surface area contributed by atoms with Gasteiger partial charge in [0.2, 0.25) is 11.4 Å². The van der Waals surface area contributed by atoms with Gasteiger partial charge in [-0.2, -0.15) is 0 Å². The first kappa shape index (κ1) is 16.9. The quantitative estimate of drug-likeness (QED) is 0.754. The summed E-state index contributed by atoms with van der Waals surface area (Å²) in [6.45, 7) is 2.31. The SMILES string of the molecule is O=C(N[C@@H]1CCCN(c2ncccn2)C1)c1cn2c3c(cccc3c1=O)CC2. The van der Waals surface area contributed by atoms with Gasteiger partial charge in [-0.15, -0.1) is 0 Å². The van der Waals surface area contributed by atoms with E-state index in [0.29, 0.717) is 17.9 Å². The summed E-state index contributed by atoms with van der Waals surface area (Å²) in [6.07, 6.45) is 7.87. The molecule has 0 bridgehead atoms. The highest BCUT2D eigenvalue weighted by Crippen LogP contribution is 2.24. The van der Waals surface area contributed by atoms with E-state index in [-0.39, 0.29) is 22.9 Å². The van der Waals surface area contributed by atoms with Gasteiger partial charge < -0.3 is 14.8 Å². The van der Waals surface area contributed by atoms with E-state index >= 15 is 0 Å². The van der Waals surface area contributed by atoms with Crippen LogP contribution in [0.25, 0.3) is 10.9 Å². The van der Waals surface area contributed by atoms with Crippen molar-refractivity contribution in [3.05, 3.63) is 64.2 Å². The van der Waals surface area contributed by atoms with E-state index in [1.54, 1.807) is 24.7 Å². The minimum atomic E-state index is -0.297. The van der Waals surface area contributed by atoms with E-state index in [2.05, 4.69) is 20.2 Å². The van der Waals surface area contributed by atoms with Gasteiger partial charge in [-0.1, -0.05) is 12.1 Å². The molecule has 28 heavy (non-hydrogen) atoms. The number of benzene rings is 1. The van der Waals surface area contributed by atoms with Gasteiger partial charge in [0.25, 0.3) is 5.91 Å². The molecule has 2 aliphatic rings. The number of hydrogen-bond acceptors (Lipinski definition) is 5. The van der Waals surface area contributed by atoms with Crippen molar-refractivity contribution in [3.63, 3.8) is 0 Å². The third-order valence-electron chi connectivity index (χ3n) is 5.64. The van der Waals surface area contributed by atoms with Crippen LogP contribution in [-0.2, 0) is 13.0 Å². The molecule has 0 spiro atoms. The molecule has 2 aliphatic heterocycles. The summed E-state index contributed by atoms with van der Waals surface area (Å²) in [5, 5.41) is 3.69. The predicted molar refractivity (Wildman–Crippen MR) is 107 cm³/mol. The van der Waals surface area contributed by atoms with E-state index in [0.717, 1.165) is 37.9 Å². The Bertz CT molecular complexity index is 1110. The molecule has 2 aromatic heterocycles. The van der Waals surface area contributed by atoms with E-state index in [1.807, 2.05) is 22.8 Å². The molecule has 5 rings (SSSR count). The lowest BCUT2D eigenvalue weighted by Gasteiger charge is -2.33. The van der Waals surface area contributed by atoms with E-state index < -0.39 is 0 Å². The van der Waals surface area contributed by atoms with Crippen molar-refractivity contribution in [1.29, 1.82) is 0 Å². The molecule has 142 valence electrons. The second-order valence-electron chi connectivity index (χ2n) is 7.44. The Morgan fingerprint density at radius 1 is 1.14 bits per heavy atom. The molecule has 1 N–H and O–H groups in total. The Morgan fingerprint density at radius 2 is 2.00 bits per heavy atom. The van der Waals surface area contributed by atoms with Crippen molar-refractivity contribution in [2.75, 3.05) is 18.0 Å². The number of carbonyl (C=O) groups is 1. The van der Waals surface area contributed by atoms with Crippen LogP contribution in [0.5, 0.6) is 0 Å². The van der Waals surface area contributed by atoms with Gasteiger partial charge >= 0.3 is 0 Å². The van der Waals surface area contributed by atoms with Gasteiger partial charge in [-0.05, 0) is 37.0 Å². The Kier molecular flexibility index (Phi) is 4.07. The molecule has 1 fully saturated rings. The first-order valence-electron chi connectivity index (χ1n) is 9.68. The Hall–Kier alpha value is -3.22. The zero-order valence-electron chi connectivity index (χ0n) is 15.5. The van der Waals surface area contributed by atoms with Gasteiger partial charge in [0.05, 0.1) is 5.52 Å².